The van der Waals surface area contributed by atoms with Crippen LogP contribution in [0.15, 0.2) is 29.4 Å². The summed E-state index contributed by atoms with van der Waals surface area (Å²) in [4.78, 5) is 23.7. The van der Waals surface area contributed by atoms with Crippen LogP contribution in [0.2, 0.25) is 0 Å². The molecule has 0 saturated carbocycles. The summed E-state index contributed by atoms with van der Waals surface area (Å²) < 4.78 is 5.58. The monoisotopic (exact) mass is 287 g/mol. The predicted molar refractivity (Wildman–Crippen MR) is 76.9 cm³/mol. The molecule has 2 aliphatic heterocycles. The number of carbonyl (C=O) groups is 2. The van der Waals surface area contributed by atoms with Crippen molar-refractivity contribution in [1.29, 1.82) is 0 Å². The van der Waals surface area contributed by atoms with Gasteiger partial charge in [0.25, 0.3) is 5.91 Å². The molecule has 6 heteroatoms. The summed E-state index contributed by atoms with van der Waals surface area (Å²) in [6.07, 6.45) is 1.44. The Kier molecular flexibility index (Phi) is 3.60. The molecule has 0 aliphatic carbocycles. The topological polar surface area (TPSA) is 71.0 Å². The predicted octanol–water partition coefficient (Wildman–Crippen LogP) is 1.23. The standard InChI is InChI=1S/C15H17N3O3/c1-18-14(19)7-6-12(17-18)15(20)16-11-8-9-21-13-5-3-2-4-10(11)13/h2-5,11H,6-9H2,1H3,(H,16,20). The summed E-state index contributed by atoms with van der Waals surface area (Å²) in [6, 6.07) is 7.62. The molecule has 1 unspecified atom stereocenters. The van der Waals surface area contributed by atoms with Crippen molar-refractivity contribution in [1.82, 2.24) is 10.3 Å². The van der Waals surface area contributed by atoms with Crippen LogP contribution in [-0.2, 0) is 9.59 Å². The fourth-order valence-electron chi connectivity index (χ4n) is 2.57. The highest BCUT2D eigenvalue weighted by Crippen LogP contribution is 2.31. The number of hydrazone groups is 1. The maximum absolute atomic E-state index is 12.3. The Balaban J connectivity index is 1.74. The van der Waals surface area contributed by atoms with E-state index in [2.05, 4.69) is 10.4 Å². The van der Waals surface area contributed by atoms with Gasteiger partial charge in [-0.2, -0.15) is 5.10 Å². The number of nitrogens with zero attached hydrogens (tertiary/aromatic N) is 2. The molecule has 2 aliphatic rings. The van der Waals surface area contributed by atoms with E-state index in [9.17, 15) is 9.59 Å². The van der Waals surface area contributed by atoms with Crippen LogP contribution in [0.5, 0.6) is 5.75 Å². The van der Waals surface area contributed by atoms with E-state index >= 15 is 0 Å². The number of carbonyl (C=O) groups excluding carboxylic acids is 2. The molecule has 1 aromatic carbocycles. The molecule has 1 atom stereocenters. The average Bonchev–Trinajstić information content (AvgIpc) is 2.50. The third-order valence-electron chi connectivity index (χ3n) is 3.73. The van der Waals surface area contributed by atoms with Crippen LogP contribution in [0.4, 0.5) is 0 Å². The number of hydrogen-bond acceptors (Lipinski definition) is 4. The van der Waals surface area contributed by atoms with Crippen LogP contribution in [-0.4, -0.2) is 36.2 Å². The van der Waals surface area contributed by atoms with Crippen molar-refractivity contribution < 1.29 is 14.3 Å². The zero-order valence-electron chi connectivity index (χ0n) is 11.8. The minimum absolute atomic E-state index is 0.0667. The van der Waals surface area contributed by atoms with Crippen molar-refractivity contribution >= 4 is 17.5 Å². The molecular weight excluding hydrogens is 270 g/mol. The van der Waals surface area contributed by atoms with E-state index in [0.29, 0.717) is 25.2 Å². The molecule has 1 N–H and O–H groups in total. The number of benzene rings is 1. The van der Waals surface area contributed by atoms with Gasteiger partial charge in [0, 0.05) is 31.9 Å². The Morgan fingerprint density at radius 3 is 3.00 bits per heavy atom. The SMILES string of the molecule is CN1N=C(C(=O)NC2CCOc3ccccc32)CCC1=O. The second kappa shape index (κ2) is 5.55. The lowest BCUT2D eigenvalue weighted by molar-refractivity contribution is -0.130. The van der Waals surface area contributed by atoms with Gasteiger partial charge in [-0.25, -0.2) is 5.01 Å². The van der Waals surface area contributed by atoms with Crippen LogP contribution >= 0.6 is 0 Å². The van der Waals surface area contributed by atoms with Crippen molar-refractivity contribution in [3.05, 3.63) is 29.8 Å². The summed E-state index contributed by atoms with van der Waals surface area (Å²) in [5.41, 5.74) is 1.39. The normalized spacial score (nSPS) is 21.2. The Hall–Kier alpha value is -2.37. The lowest BCUT2D eigenvalue weighted by Gasteiger charge is -2.27. The van der Waals surface area contributed by atoms with E-state index in [1.54, 1.807) is 7.05 Å². The van der Waals surface area contributed by atoms with Gasteiger partial charge >= 0.3 is 0 Å². The molecule has 110 valence electrons. The van der Waals surface area contributed by atoms with Gasteiger partial charge in [0.15, 0.2) is 0 Å². The Bertz CT molecular complexity index is 612. The van der Waals surface area contributed by atoms with E-state index in [0.717, 1.165) is 17.7 Å². The van der Waals surface area contributed by atoms with Gasteiger partial charge in [0.05, 0.1) is 12.6 Å². The van der Waals surface area contributed by atoms with Crippen molar-refractivity contribution in [3.8, 4) is 5.75 Å². The molecule has 0 fully saturated rings. The van der Waals surface area contributed by atoms with Gasteiger partial charge in [-0.15, -0.1) is 0 Å². The van der Waals surface area contributed by atoms with Crippen LogP contribution in [0, 0.1) is 0 Å². The van der Waals surface area contributed by atoms with E-state index in [1.807, 2.05) is 24.3 Å². The van der Waals surface area contributed by atoms with Crippen LogP contribution in [0.1, 0.15) is 30.9 Å². The van der Waals surface area contributed by atoms with Gasteiger partial charge in [0.1, 0.15) is 11.5 Å². The minimum atomic E-state index is -0.212. The van der Waals surface area contributed by atoms with Gasteiger partial charge in [-0.05, 0) is 6.07 Å². The number of nitrogens with one attached hydrogen (secondary N) is 1. The van der Waals surface area contributed by atoms with Crippen LogP contribution in [0.25, 0.3) is 0 Å². The second-order valence-electron chi connectivity index (χ2n) is 5.17. The molecule has 1 aromatic rings. The third-order valence-corrected chi connectivity index (χ3v) is 3.73. The number of ether oxygens (including phenoxy) is 1. The molecule has 0 saturated heterocycles. The number of amides is 2. The Morgan fingerprint density at radius 2 is 2.19 bits per heavy atom. The second-order valence-corrected chi connectivity index (χ2v) is 5.17. The number of hydrogen-bond donors (Lipinski definition) is 1. The summed E-state index contributed by atoms with van der Waals surface area (Å²) >= 11 is 0. The maximum Gasteiger partial charge on any atom is 0.267 e. The van der Waals surface area contributed by atoms with E-state index < -0.39 is 0 Å². The number of para-hydroxylation sites is 1. The zero-order valence-corrected chi connectivity index (χ0v) is 11.8. The average molecular weight is 287 g/mol. The number of fused-ring (bicyclic) bond motifs is 1. The van der Waals surface area contributed by atoms with E-state index in [-0.39, 0.29) is 17.9 Å². The maximum atomic E-state index is 12.3. The molecular formula is C15H17N3O3. The third kappa shape index (κ3) is 2.74. The van der Waals surface area contributed by atoms with Gasteiger partial charge in [-0.3, -0.25) is 9.59 Å². The quantitative estimate of drug-likeness (QED) is 0.889. The van der Waals surface area contributed by atoms with Crippen molar-refractivity contribution in [2.45, 2.75) is 25.3 Å². The lowest BCUT2D eigenvalue weighted by atomic mass is 10.00. The minimum Gasteiger partial charge on any atom is -0.493 e. The summed E-state index contributed by atoms with van der Waals surface area (Å²) in [7, 11) is 1.57. The van der Waals surface area contributed by atoms with Gasteiger partial charge in [0.2, 0.25) is 5.91 Å². The summed E-state index contributed by atoms with van der Waals surface area (Å²) in [5.74, 6) is 0.533. The molecule has 0 aromatic heterocycles. The molecule has 0 bridgehead atoms. The summed E-state index contributed by atoms with van der Waals surface area (Å²) in [5, 5.41) is 8.27. The first-order valence-corrected chi connectivity index (χ1v) is 7.02. The highest BCUT2D eigenvalue weighted by atomic mass is 16.5. The van der Waals surface area contributed by atoms with Gasteiger partial charge in [-0.1, -0.05) is 18.2 Å². The molecule has 0 spiro atoms. The van der Waals surface area contributed by atoms with E-state index in [4.69, 9.17) is 4.74 Å². The molecule has 2 amide bonds. The lowest BCUT2D eigenvalue weighted by Crippen LogP contribution is -2.40. The van der Waals surface area contributed by atoms with Crippen LogP contribution < -0.4 is 10.1 Å². The fraction of sp³-hybridized carbons (Fsp3) is 0.400. The van der Waals surface area contributed by atoms with Crippen molar-refractivity contribution in [3.63, 3.8) is 0 Å². The molecule has 3 rings (SSSR count). The van der Waals surface area contributed by atoms with E-state index in [1.165, 1.54) is 5.01 Å². The smallest absolute Gasteiger partial charge is 0.267 e. The molecule has 0 radical (unpaired) electrons. The first-order chi connectivity index (χ1) is 10.1. The largest absolute Gasteiger partial charge is 0.493 e. The van der Waals surface area contributed by atoms with Crippen molar-refractivity contribution in [2.75, 3.05) is 13.7 Å². The highest BCUT2D eigenvalue weighted by Gasteiger charge is 2.27. The molecule has 2 heterocycles. The highest BCUT2D eigenvalue weighted by molar-refractivity contribution is 6.39. The fourth-order valence-corrected chi connectivity index (χ4v) is 2.57. The Morgan fingerprint density at radius 1 is 1.38 bits per heavy atom. The zero-order chi connectivity index (χ0) is 14.8. The number of rotatable bonds is 2. The van der Waals surface area contributed by atoms with Crippen LogP contribution in [0.3, 0.4) is 0 Å². The van der Waals surface area contributed by atoms with Gasteiger partial charge < -0.3 is 10.1 Å². The van der Waals surface area contributed by atoms with Crippen molar-refractivity contribution in [2.24, 2.45) is 5.10 Å². The Labute approximate surface area is 122 Å². The summed E-state index contributed by atoms with van der Waals surface area (Å²) in [6.45, 7) is 0.576. The molecule has 21 heavy (non-hydrogen) atoms. The first-order valence-electron chi connectivity index (χ1n) is 7.02. The first kappa shape index (κ1) is 13.6. The molecule has 6 nitrogen and oxygen atoms in total.